The van der Waals surface area contributed by atoms with Crippen LogP contribution in [0.25, 0.3) is 0 Å². The molecule has 1 N–H and O–H groups in total. The Morgan fingerprint density at radius 1 is 0.944 bits per heavy atom. The minimum atomic E-state index is 0.910. The van der Waals surface area contributed by atoms with E-state index in [2.05, 4.69) is 72.1 Å². The third-order valence-electron chi connectivity index (χ3n) is 2.97. The lowest BCUT2D eigenvalue weighted by atomic mass is 10.0. The van der Waals surface area contributed by atoms with E-state index >= 15 is 0 Å². The summed E-state index contributed by atoms with van der Waals surface area (Å²) in [5, 5.41) is 3.43. The van der Waals surface area contributed by atoms with Gasteiger partial charge in [-0.15, -0.1) is 0 Å². The highest BCUT2D eigenvalue weighted by molar-refractivity contribution is 9.10. The van der Waals surface area contributed by atoms with E-state index in [0.29, 0.717) is 0 Å². The van der Waals surface area contributed by atoms with Crippen LogP contribution in [-0.2, 0) is 0 Å². The molecule has 0 atom stereocenters. The van der Waals surface area contributed by atoms with Gasteiger partial charge >= 0.3 is 0 Å². The lowest BCUT2D eigenvalue weighted by molar-refractivity contribution is 1.22. The van der Waals surface area contributed by atoms with Crippen LogP contribution < -0.4 is 5.32 Å². The second-order valence-corrected chi connectivity index (χ2v) is 5.63. The van der Waals surface area contributed by atoms with Crippen molar-refractivity contribution in [1.82, 2.24) is 4.98 Å². The van der Waals surface area contributed by atoms with Crippen molar-refractivity contribution in [2.45, 2.75) is 27.7 Å². The van der Waals surface area contributed by atoms with Crippen LogP contribution >= 0.6 is 15.9 Å². The molecule has 1 aromatic heterocycles. The van der Waals surface area contributed by atoms with Crippen LogP contribution in [0.2, 0.25) is 0 Å². The van der Waals surface area contributed by atoms with Gasteiger partial charge in [-0.1, -0.05) is 17.7 Å². The maximum Gasteiger partial charge on any atom is 0.133 e. The highest BCUT2D eigenvalue weighted by atomic mass is 79.9. The predicted molar refractivity (Wildman–Crippen MR) is 80.6 cm³/mol. The van der Waals surface area contributed by atoms with E-state index in [9.17, 15) is 0 Å². The summed E-state index contributed by atoms with van der Waals surface area (Å²) in [6.07, 6.45) is 1.81. The Hall–Kier alpha value is -1.35. The van der Waals surface area contributed by atoms with Crippen molar-refractivity contribution in [1.29, 1.82) is 0 Å². The summed E-state index contributed by atoms with van der Waals surface area (Å²) in [6.45, 7) is 8.42. The average molecular weight is 305 g/mol. The third kappa shape index (κ3) is 2.72. The molecule has 0 radical (unpaired) electrons. The number of aryl methyl sites for hydroxylation is 4. The fraction of sp³-hybridized carbons (Fsp3) is 0.267. The van der Waals surface area contributed by atoms with E-state index in [1.54, 1.807) is 0 Å². The van der Waals surface area contributed by atoms with Crippen molar-refractivity contribution in [3.05, 3.63) is 51.1 Å². The van der Waals surface area contributed by atoms with Crippen molar-refractivity contribution in [3.63, 3.8) is 0 Å². The molecule has 1 heterocycles. The third-order valence-corrected chi connectivity index (χ3v) is 3.40. The van der Waals surface area contributed by atoms with Gasteiger partial charge in [0.2, 0.25) is 0 Å². The van der Waals surface area contributed by atoms with E-state index in [4.69, 9.17) is 0 Å². The topological polar surface area (TPSA) is 24.9 Å². The zero-order valence-corrected chi connectivity index (χ0v) is 12.7. The first kappa shape index (κ1) is 13.1. The Balaban J connectivity index is 2.40. The molecule has 3 heteroatoms. The van der Waals surface area contributed by atoms with Crippen LogP contribution in [0.3, 0.4) is 0 Å². The van der Waals surface area contributed by atoms with Crippen LogP contribution in [0.5, 0.6) is 0 Å². The standard InChI is InChI=1S/C15H17BrN2/c1-9-5-10(2)14(11(3)6-9)18-15-12(4)7-13(16)8-17-15/h5-8H,1-4H3,(H,17,18). The number of nitrogens with zero attached hydrogens (tertiary/aromatic N) is 1. The van der Waals surface area contributed by atoms with Gasteiger partial charge in [0.25, 0.3) is 0 Å². The van der Waals surface area contributed by atoms with Gasteiger partial charge in [0.15, 0.2) is 0 Å². The molecular formula is C15H17BrN2. The Morgan fingerprint density at radius 3 is 2.11 bits per heavy atom. The zero-order valence-electron chi connectivity index (χ0n) is 11.1. The number of nitrogens with one attached hydrogen (secondary N) is 1. The minimum Gasteiger partial charge on any atom is -0.340 e. The van der Waals surface area contributed by atoms with Gasteiger partial charge in [0, 0.05) is 16.4 Å². The van der Waals surface area contributed by atoms with Crippen LogP contribution in [0.1, 0.15) is 22.3 Å². The summed E-state index contributed by atoms with van der Waals surface area (Å²) >= 11 is 3.43. The fourth-order valence-electron chi connectivity index (χ4n) is 2.17. The first-order valence-electron chi connectivity index (χ1n) is 5.94. The summed E-state index contributed by atoms with van der Waals surface area (Å²) in [5.41, 5.74) is 6.06. The monoisotopic (exact) mass is 304 g/mol. The molecule has 18 heavy (non-hydrogen) atoms. The highest BCUT2D eigenvalue weighted by Gasteiger charge is 2.07. The van der Waals surface area contributed by atoms with Gasteiger partial charge in [0.1, 0.15) is 5.82 Å². The van der Waals surface area contributed by atoms with Crippen molar-refractivity contribution in [2.75, 3.05) is 5.32 Å². The molecule has 0 amide bonds. The largest absolute Gasteiger partial charge is 0.340 e. The van der Waals surface area contributed by atoms with E-state index in [1.807, 2.05) is 6.20 Å². The number of pyridine rings is 1. The second-order valence-electron chi connectivity index (χ2n) is 4.72. The zero-order chi connectivity index (χ0) is 13.3. The number of aromatic nitrogens is 1. The Labute approximate surface area is 117 Å². The molecule has 1 aromatic carbocycles. The van der Waals surface area contributed by atoms with Gasteiger partial charge in [-0.3, -0.25) is 0 Å². The molecule has 0 saturated carbocycles. The van der Waals surface area contributed by atoms with Gasteiger partial charge < -0.3 is 5.32 Å². The summed E-state index contributed by atoms with van der Waals surface area (Å²) in [6, 6.07) is 6.43. The molecule has 0 bridgehead atoms. The number of hydrogen-bond acceptors (Lipinski definition) is 2. The SMILES string of the molecule is Cc1cc(C)c(Nc2ncc(Br)cc2C)c(C)c1. The lowest BCUT2D eigenvalue weighted by Gasteiger charge is -2.14. The van der Waals surface area contributed by atoms with Crippen molar-refractivity contribution >= 4 is 27.4 Å². The van der Waals surface area contributed by atoms with Gasteiger partial charge in [-0.05, 0) is 66.4 Å². The van der Waals surface area contributed by atoms with Crippen molar-refractivity contribution < 1.29 is 0 Å². The molecule has 0 unspecified atom stereocenters. The Morgan fingerprint density at radius 2 is 1.56 bits per heavy atom. The van der Waals surface area contributed by atoms with Gasteiger partial charge in [0.05, 0.1) is 0 Å². The number of anilines is 2. The average Bonchev–Trinajstić information content (AvgIpc) is 2.25. The summed E-state index contributed by atoms with van der Waals surface area (Å²) in [4.78, 5) is 4.42. The molecule has 0 fully saturated rings. The molecule has 0 saturated heterocycles. The van der Waals surface area contributed by atoms with Crippen LogP contribution in [0.4, 0.5) is 11.5 Å². The molecule has 0 aliphatic heterocycles. The summed E-state index contributed by atoms with van der Waals surface area (Å²) in [5.74, 6) is 0.910. The number of benzene rings is 1. The number of rotatable bonds is 2. The maximum atomic E-state index is 4.42. The molecule has 2 nitrogen and oxygen atoms in total. The smallest absolute Gasteiger partial charge is 0.133 e. The first-order chi connectivity index (χ1) is 8.47. The van der Waals surface area contributed by atoms with Gasteiger partial charge in [-0.2, -0.15) is 0 Å². The molecule has 0 spiro atoms. The number of halogens is 1. The quantitative estimate of drug-likeness (QED) is 0.860. The Kier molecular flexibility index (Phi) is 3.71. The minimum absolute atomic E-state index is 0.910. The van der Waals surface area contributed by atoms with Crippen molar-refractivity contribution in [2.24, 2.45) is 0 Å². The predicted octanol–water partition coefficient (Wildman–Crippen LogP) is 4.82. The molecule has 94 valence electrons. The van der Waals surface area contributed by atoms with E-state index in [-0.39, 0.29) is 0 Å². The van der Waals surface area contributed by atoms with Crippen LogP contribution in [-0.4, -0.2) is 4.98 Å². The summed E-state index contributed by atoms with van der Waals surface area (Å²) < 4.78 is 1.00. The lowest BCUT2D eigenvalue weighted by Crippen LogP contribution is -2.00. The van der Waals surface area contributed by atoms with Crippen molar-refractivity contribution in [3.8, 4) is 0 Å². The van der Waals surface area contributed by atoms with Gasteiger partial charge in [-0.25, -0.2) is 4.98 Å². The first-order valence-corrected chi connectivity index (χ1v) is 6.73. The molecule has 0 aliphatic rings. The van der Waals surface area contributed by atoms with Crippen LogP contribution in [0.15, 0.2) is 28.9 Å². The summed E-state index contributed by atoms with van der Waals surface area (Å²) in [7, 11) is 0. The molecule has 2 aromatic rings. The Bertz CT molecular complexity index is 568. The van der Waals surface area contributed by atoms with E-state index < -0.39 is 0 Å². The molecular weight excluding hydrogens is 288 g/mol. The molecule has 2 rings (SSSR count). The highest BCUT2D eigenvalue weighted by Crippen LogP contribution is 2.27. The normalized spacial score (nSPS) is 10.5. The maximum absolute atomic E-state index is 4.42. The number of hydrogen-bond donors (Lipinski definition) is 1. The van der Waals surface area contributed by atoms with E-state index in [0.717, 1.165) is 21.5 Å². The fourth-order valence-corrected chi connectivity index (χ4v) is 2.61. The van der Waals surface area contributed by atoms with E-state index in [1.165, 1.54) is 16.7 Å². The second kappa shape index (κ2) is 5.11. The van der Waals surface area contributed by atoms with Crippen LogP contribution in [0, 0.1) is 27.7 Å². The molecule has 0 aliphatic carbocycles.